The number of hydrogen-bond acceptors (Lipinski definition) is 2. The van der Waals surface area contributed by atoms with E-state index in [-0.39, 0.29) is 5.82 Å². The average Bonchev–Trinajstić information content (AvgIpc) is 2.68. The summed E-state index contributed by atoms with van der Waals surface area (Å²) in [5, 5.41) is 9.15. The van der Waals surface area contributed by atoms with Gasteiger partial charge in [0.15, 0.2) is 0 Å². The number of carboxylic acids is 1. The largest absolute Gasteiger partial charge is 0.481 e. The van der Waals surface area contributed by atoms with E-state index < -0.39 is 11.4 Å². The summed E-state index contributed by atoms with van der Waals surface area (Å²) in [5.41, 5.74) is -0.110. The lowest BCUT2D eigenvalue weighted by atomic mass is 9.90. The Morgan fingerprint density at radius 2 is 2.33 bits per heavy atom. The number of carboxylic acid groups (broad SMARTS) is 1. The molecule has 0 amide bonds. The highest BCUT2D eigenvalue weighted by Gasteiger charge is 2.40. The molecule has 1 aromatic carbocycles. The fourth-order valence-corrected chi connectivity index (χ4v) is 2.68. The molecule has 1 unspecified atom stereocenters. The van der Waals surface area contributed by atoms with E-state index in [1.165, 1.54) is 0 Å². The van der Waals surface area contributed by atoms with Crippen molar-refractivity contribution in [2.24, 2.45) is 5.41 Å². The van der Waals surface area contributed by atoms with Gasteiger partial charge >= 0.3 is 5.97 Å². The highest BCUT2D eigenvalue weighted by atomic mass is 79.9. The van der Waals surface area contributed by atoms with Crippen LogP contribution in [0.25, 0.3) is 0 Å². The Morgan fingerprint density at radius 1 is 1.61 bits per heavy atom. The topological polar surface area (TPSA) is 40.5 Å². The molecule has 18 heavy (non-hydrogen) atoms. The standard InChI is InChI=1S/C13H15BrFNO2/c1-13(12(17)18)5-6-16(8-13)7-9-3-2-4-10(14)11(9)15/h2-4H,5-8H2,1H3,(H,17,18). The lowest BCUT2D eigenvalue weighted by molar-refractivity contribution is -0.147. The van der Waals surface area contributed by atoms with Gasteiger partial charge in [-0.15, -0.1) is 0 Å². The Bertz CT molecular complexity index is 480. The van der Waals surface area contributed by atoms with Crippen LogP contribution in [0.15, 0.2) is 22.7 Å². The molecule has 1 N–H and O–H groups in total. The normalized spacial score (nSPS) is 24.4. The van der Waals surface area contributed by atoms with E-state index in [9.17, 15) is 9.18 Å². The van der Waals surface area contributed by atoms with Crippen LogP contribution in [0.3, 0.4) is 0 Å². The molecule has 0 bridgehead atoms. The molecule has 1 atom stereocenters. The second-order valence-electron chi connectivity index (χ2n) is 5.04. The van der Waals surface area contributed by atoms with Crippen LogP contribution in [0, 0.1) is 11.2 Å². The predicted octanol–water partition coefficient (Wildman–Crippen LogP) is 2.88. The third-order valence-corrected chi connectivity index (χ3v) is 4.11. The van der Waals surface area contributed by atoms with E-state index in [0.29, 0.717) is 36.1 Å². The van der Waals surface area contributed by atoms with E-state index in [0.717, 1.165) is 0 Å². The molecule has 0 saturated carbocycles. The number of hydrogen-bond donors (Lipinski definition) is 1. The van der Waals surface area contributed by atoms with Crippen molar-refractivity contribution < 1.29 is 14.3 Å². The highest BCUT2D eigenvalue weighted by Crippen LogP contribution is 2.31. The van der Waals surface area contributed by atoms with Crippen LogP contribution in [0.5, 0.6) is 0 Å². The minimum absolute atomic E-state index is 0.263. The van der Waals surface area contributed by atoms with E-state index in [4.69, 9.17) is 5.11 Å². The molecule has 0 spiro atoms. The highest BCUT2D eigenvalue weighted by molar-refractivity contribution is 9.10. The van der Waals surface area contributed by atoms with Crippen LogP contribution in [0.1, 0.15) is 18.9 Å². The smallest absolute Gasteiger partial charge is 0.310 e. The molecule has 0 aromatic heterocycles. The fraction of sp³-hybridized carbons (Fsp3) is 0.462. The van der Waals surface area contributed by atoms with Gasteiger partial charge in [0.05, 0.1) is 9.89 Å². The first kappa shape index (κ1) is 13.5. The Kier molecular flexibility index (Phi) is 3.73. The maximum absolute atomic E-state index is 13.8. The van der Waals surface area contributed by atoms with Crippen LogP contribution in [-0.2, 0) is 11.3 Å². The Morgan fingerprint density at radius 3 is 2.94 bits per heavy atom. The van der Waals surface area contributed by atoms with Gasteiger partial charge in [0, 0.05) is 18.7 Å². The third kappa shape index (κ3) is 2.57. The summed E-state index contributed by atoms with van der Waals surface area (Å²) in [6.45, 7) is 3.35. The monoisotopic (exact) mass is 315 g/mol. The van der Waals surface area contributed by atoms with Crippen LogP contribution in [-0.4, -0.2) is 29.1 Å². The van der Waals surface area contributed by atoms with Gasteiger partial charge in [0.2, 0.25) is 0 Å². The predicted molar refractivity (Wildman–Crippen MR) is 69.7 cm³/mol. The van der Waals surface area contributed by atoms with Gasteiger partial charge in [-0.25, -0.2) is 4.39 Å². The van der Waals surface area contributed by atoms with Crippen LogP contribution in [0.2, 0.25) is 0 Å². The fourth-order valence-electron chi connectivity index (χ4n) is 2.28. The molecule has 2 rings (SSSR count). The molecule has 0 aliphatic carbocycles. The van der Waals surface area contributed by atoms with E-state index in [2.05, 4.69) is 15.9 Å². The van der Waals surface area contributed by atoms with E-state index >= 15 is 0 Å². The van der Waals surface area contributed by atoms with Crippen molar-refractivity contribution in [3.05, 3.63) is 34.1 Å². The number of benzene rings is 1. The van der Waals surface area contributed by atoms with Gasteiger partial charge in [0.1, 0.15) is 5.82 Å². The maximum Gasteiger partial charge on any atom is 0.310 e. The Balaban J connectivity index is 2.08. The quantitative estimate of drug-likeness (QED) is 0.932. The zero-order valence-corrected chi connectivity index (χ0v) is 11.7. The van der Waals surface area contributed by atoms with Crippen LogP contribution >= 0.6 is 15.9 Å². The van der Waals surface area contributed by atoms with Crippen molar-refractivity contribution in [3.63, 3.8) is 0 Å². The molecule has 1 heterocycles. The molecule has 1 aliphatic rings. The maximum atomic E-state index is 13.8. The number of carbonyl (C=O) groups is 1. The zero-order chi connectivity index (χ0) is 13.3. The minimum Gasteiger partial charge on any atom is -0.481 e. The van der Waals surface area contributed by atoms with Crippen molar-refractivity contribution in [2.75, 3.05) is 13.1 Å². The number of halogens is 2. The van der Waals surface area contributed by atoms with Gasteiger partial charge in [-0.3, -0.25) is 9.69 Å². The van der Waals surface area contributed by atoms with Crippen molar-refractivity contribution in [2.45, 2.75) is 19.9 Å². The Hall–Kier alpha value is -0.940. The SMILES string of the molecule is CC1(C(=O)O)CCN(Cc2cccc(Br)c2F)C1. The second kappa shape index (κ2) is 4.97. The molecular weight excluding hydrogens is 301 g/mol. The summed E-state index contributed by atoms with van der Waals surface area (Å²) in [4.78, 5) is 13.1. The molecule has 98 valence electrons. The lowest BCUT2D eigenvalue weighted by Crippen LogP contribution is -2.31. The number of aliphatic carboxylic acids is 1. The molecule has 5 heteroatoms. The zero-order valence-electron chi connectivity index (χ0n) is 10.1. The summed E-state index contributed by atoms with van der Waals surface area (Å²) in [5.74, 6) is -1.04. The molecule has 1 aliphatic heterocycles. The van der Waals surface area contributed by atoms with Gasteiger partial charge < -0.3 is 5.11 Å². The first-order valence-electron chi connectivity index (χ1n) is 5.81. The van der Waals surface area contributed by atoms with Gasteiger partial charge in [-0.05, 0) is 41.9 Å². The van der Waals surface area contributed by atoms with Gasteiger partial charge in [-0.2, -0.15) is 0 Å². The summed E-state index contributed by atoms with van der Waals surface area (Å²) >= 11 is 3.15. The summed E-state index contributed by atoms with van der Waals surface area (Å²) in [6.07, 6.45) is 0.609. The van der Waals surface area contributed by atoms with Crippen LogP contribution < -0.4 is 0 Å². The average molecular weight is 316 g/mol. The van der Waals surface area contributed by atoms with Crippen molar-refractivity contribution in [1.82, 2.24) is 4.90 Å². The van der Waals surface area contributed by atoms with Gasteiger partial charge in [0.25, 0.3) is 0 Å². The van der Waals surface area contributed by atoms with E-state index in [1.807, 2.05) is 4.90 Å². The molecular formula is C13H15BrFNO2. The summed E-state index contributed by atoms with van der Waals surface area (Å²) < 4.78 is 14.3. The third-order valence-electron chi connectivity index (χ3n) is 3.49. The van der Waals surface area contributed by atoms with Crippen molar-refractivity contribution in [1.29, 1.82) is 0 Å². The number of nitrogens with zero attached hydrogens (tertiary/aromatic N) is 1. The first-order valence-corrected chi connectivity index (χ1v) is 6.60. The minimum atomic E-state index is -0.778. The molecule has 3 nitrogen and oxygen atoms in total. The van der Waals surface area contributed by atoms with E-state index in [1.54, 1.807) is 25.1 Å². The Labute approximate surface area is 114 Å². The van der Waals surface area contributed by atoms with Crippen molar-refractivity contribution >= 4 is 21.9 Å². The summed E-state index contributed by atoms with van der Waals surface area (Å²) in [7, 11) is 0. The molecule has 1 aromatic rings. The number of rotatable bonds is 3. The lowest BCUT2D eigenvalue weighted by Gasteiger charge is -2.20. The van der Waals surface area contributed by atoms with Crippen LogP contribution in [0.4, 0.5) is 4.39 Å². The first-order chi connectivity index (χ1) is 8.42. The second-order valence-corrected chi connectivity index (χ2v) is 5.89. The summed E-state index contributed by atoms with van der Waals surface area (Å²) in [6, 6.07) is 5.18. The molecule has 1 fully saturated rings. The number of likely N-dealkylation sites (tertiary alicyclic amines) is 1. The molecule has 1 saturated heterocycles. The van der Waals surface area contributed by atoms with Gasteiger partial charge in [-0.1, -0.05) is 12.1 Å². The van der Waals surface area contributed by atoms with Crippen molar-refractivity contribution in [3.8, 4) is 0 Å². The molecule has 0 radical (unpaired) electrons.